The van der Waals surface area contributed by atoms with Crippen molar-refractivity contribution >= 4 is 40.9 Å². The summed E-state index contributed by atoms with van der Waals surface area (Å²) >= 11 is 0. The predicted molar refractivity (Wildman–Crippen MR) is 145 cm³/mol. The number of hydrogen-bond donors (Lipinski definition) is 3. The van der Waals surface area contributed by atoms with Crippen LogP contribution in [0.3, 0.4) is 0 Å². The van der Waals surface area contributed by atoms with Crippen molar-refractivity contribution in [3.05, 3.63) is 101 Å². The lowest BCUT2D eigenvalue weighted by Gasteiger charge is -2.09. The molecular weight excluding hydrogens is 482 g/mol. The van der Waals surface area contributed by atoms with Gasteiger partial charge in [0.15, 0.2) is 5.78 Å². The zero-order chi connectivity index (χ0) is 26.8. The van der Waals surface area contributed by atoms with Crippen LogP contribution < -0.4 is 10.6 Å². The molecule has 0 saturated heterocycles. The van der Waals surface area contributed by atoms with E-state index < -0.39 is 5.92 Å². The molecule has 1 aliphatic rings. The second kappa shape index (κ2) is 10.1. The van der Waals surface area contributed by atoms with Gasteiger partial charge in [-0.3, -0.25) is 24.1 Å². The Balaban J connectivity index is 1.33. The van der Waals surface area contributed by atoms with Gasteiger partial charge in [0.2, 0.25) is 5.91 Å². The van der Waals surface area contributed by atoms with Gasteiger partial charge in [-0.2, -0.15) is 5.10 Å². The highest BCUT2D eigenvalue weighted by Crippen LogP contribution is 2.33. The predicted octanol–water partition coefficient (Wildman–Crippen LogP) is 4.84. The highest BCUT2D eigenvalue weighted by Gasteiger charge is 2.30. The molecule has 0 aliphatic carbocycles. The molecule has 0 bridgehead atoms. The number of aromatic nitrogens is 2. The summed E-state index contributed by atoms with van der Waals surface area (Å²) < 4.78 is 1.64. The zero-order valence-electron chi connectivity index (χ0n) is 20.8. The third-order valence-electron chi connectivity index (χ3n) is 6.23. The molecule has 1 unspecified atom stereocenters. The number of nitrogens with one attached hydrogen (secondary N) is 2. The lowest BCUT2D eigenvalue weighted by molar-refractivity contribution is -0.115. The average Bonchev–Trinajstić information content (AvgIpc) is 3.45. The molecule has 4 aromatic rings. The number of anilines is 2. The number of phenolic OH excluding ortho intramolecular Hbond substituents is 1. The third-order valence-corrected chi connectivity index (χ3v) is 6.23. The highest BCUT2D eigenvalue weighted by atomic mass is 16.3. The molecular formula is C29H25N5O4. The van der Waals surface area contributed by atoms with Crippen LogP contribution in [0.25, 0.3) is 0 Å². The SMILES string of the molecule is CCn1nc(C)cc1C(=O)Nc1ccc(C(=O)c2ccc3c(c2)C(C=Nc2cccc(O)c2)C(=O)N3)cc1. The number of carbonyl (C=O) groups excluding carboxylic acids is 3. The van der Waals surface area contributed by atoms with Crippen LogP contribution in [0.5, 0.6) is 5.75 Å². The maximum atomic E-state index is 13.2. The van der Waals surface area contributed by atoms with E-state index in [4.69, 9.17) is 0 Å². The lowest BCUT2D eigenvalue weighted by atomic mass is 9.96. The normalized spacial score (nSPS) is 14.4. The van der Waals surface area contributed by atoms with E-state index >= 15 is 0 Å². The average molecular weight is 508 g/mol. The summed E-state index contributed by atoms with van der Waals surface area (Å²) in [5.41, 5.74) is 4.44. The summed E-state index contributed by atoms with van der Waals surface area (Å²) in [5, 5.41) is 19.6. The standard InChI is InChI=1S/C29H25N5O4/c1-3-34-26(13-17(2)33-34)29(38)31-20-10-7-18(8-11-20)27(36)19-9-12-25-23(14-19)24(28(37)32-25)16-30-21-5-4-6-22(35)15-21/h4-16,24,35H,3H2,1-2H3,(H,31,38)(H,32,37). The molecule has 38 heavy (non-hydrogen) atoms. The Morgan fingerprint density at radius 2 is 1.84 bits per heavy atom. The fourth-order valence-corrected chi connectivity index (χ4v) is 4.34. The maximum Gasteiger partial charge on any atom is 0.273 e. The monoisotopic (exact) mass is 507 g/mol. The minimum Gasteiger partial charge on any atom is -0.508 e. The number of aryl methyl sites for hydroxylation is 2. The Labute approximate surface area is 218 Å². The maximum absolute atomic E-state index is 13.2. The van der Waals surface area contributed by atoms with Gasteiger partial charge < -0.3 is 15.7 Å². The Morgan fingerprint density at radius 3 is 2.58 bits per heavy atom. The van der Waals surface area contributed by atoms with Gasteiger partial charge >= 0.3 is 0 Å². The van der Waals surface area contributed by atoms with Gasteiger partial charge in [0.1, 0.15) is 17.4 Å². The van der Waals surface area contributed by atoms with Crippen molar-refractivity contribution in [3.8, 4) is 5.75 Å². The van der Waals surface area contributed by atoms with Crippen LogP contribution in [0.2, 0.25) is 0 Å². The largest absolute Gasteiger partial charge is 0.508 e. The van der Waals surface area contributed by atoms with Crippen LogP contribution in [0, 0.1) is 6.92 Å². The minimum atomic E-state index is -0.669. The molecule has 2 amide bonds. The molecule has 190 valence electrons. The number of phenols is 1. The van der Waals surface area contributed by atoms with E-state index in [1.807, 2.05) is 13.8 Å². The second-order valence-electron chi connectivity index (χ2n) is 8.91. The quantitative estimate of drug-likeness (QED) is 0.244. The molecule has 1 aliphatic heterocycles. The lowest BCUT2D eigenvalue weighted by Crippen LogP contribution is -2.17. The van der Waals surface area contributed by atoms with Crippen molar-refractivity contribution in [1.29, 1.82) is 0 Å². The molecule has 0 radical (unpaired) electrons. The fraction of sp³-hybridized carbons (Fsp3) is 0.138. The first kappa shape index (κ1) is 24.6. The van der Waals surface area contributed by atoms with Crippen LogP contribution in [0.4, 0.5) is 17.1 Å². The Morgan fingerprint density at radius 1 is 1.08 bits per heavy atom. The van der Waals surface area contributed by atoms with Crippen molar-refractivity contribution in [1.82, 2.24) is 9.78 Å². The summed E-state index contributed by atoms with van der Waals surface area (Å²) in [6.07, 6.45) is 1.51. The topological polar surface area (TPSA) is 126 Å². The molecule has 1 atom stereocenters. The van der Waals surface area contributed by atoms with Crippen LogP contribution in [0.15, 0.2) is 77.8 Å². The minimum absolute atomic E-state index is 0.0806. The fourth-order valence-electron chi connectivity index (χ4n) is 4.34. The van der Waals surface area contributed by atoms with E-state index in [0.29, 0.717) is 46.0 Å². The molecule has 1 aromatic heterocycles. The van der Waals surface area contributed by atoms with Crippen LogP contribution in [-0.4, -0.2) is 38.7 Å². The number of rotatable bonds is 7. The number of nitrogens with zero attached hydrogens (tertiary/aromatic N) is 3. The number of ketones is 1. The first-order valence-corrected chi connectivity index (χ1v) is 12.1. The molecule has 0 fully saturated rings. The van der Waals surface area contributed by atoms with E-state index in [1.165, 1.54) is 18.3 Å². The van der Waals surface area contributed by atoms with E-state index in [1.54, 1.807) is 65.3 Å². The summed E-state index contributed by atoms with van der Waals surface area (Å²) in [6, 6.07) is 19.9. The van der Waals surface area contributed by atoms with Crippen molar-refractivity contribution in [2.75, 3.05) is 10.6 Å². The molecule has 0 saturated carbocycles. The molecule has 3 aromatic carbocycles. The Bertz CT molecular complexity index is 1590. The van der Waals surface area contributed by atoms with Gasteiger partial charge in [0, 0.05) is 41.3 Å². The van der Waals surface area contributed by atoms with Gasteiger partial charge in [-0.15, -0.1) is 0 Å². The van der Waals surface area contributed by atoms with E-state index in [9.17, 15) is 19.5 Å². The molecule has 5 rings (SSSR count). The van der Waals surface area contributed by atoms with Crippen molar-refractivity contribution in [3.63, 3.8) is 0 Å². The van der Waals surface area contributed by atoms with Crippen molar-refractivity contribution < 1.29 is 19.5 Å². The van der Waals surface area contributed by atoms with Crippen LogP contribution in [-0.2, 0) is 11.3 Å². The number of carbonyl (C=O) groups is 3. The molecule has 9 heteroatoms. The third kappa shape index (κ3) is 4.94. The number of aromatic hydroxyl groups is 1. The zero-order valence-corrected chi connectivity index (χ0v) is 20.8. The van der Waals surface area contributed by atoms with Gasteiger partial charge in [-0.25, -0.2) is 0 Å². The highest BCUT2D eigenvalue weighted by molar-refractivity contribution is 6.15. The number of benzene rings is 3. The van der Waals surface area contributed by atoms with E-state index in [2.05, 4.69) is 20.7 Å². The summed E-state index contributed by atoms with van der Waals surface area (Å²) in [5.74, 6) is -1.32. The van der Waals surface area contributed by atoms with Gasteiger partial charge in [-0.1, -0.05) is 6.07 Å². The van der Waals surface area contributed by atoms with Crippen LogP contribution in [0.1, 0.15) is 50.5 Å². The number of fused-ring (bicyclic) bond motifs is 1. The number of amides is 2. The van der Waals surface area contributed by atoms with Crippen molar-refractivity contribution in [2.24, 2.45) is 4.99 Å². The summed E-state index contributed by atoms with van der Waals surface area (Å²) in [7, 11) is 0. The summed E-state index contributed by atoms with van der Waals surface area (Å²) in [6.45, 7) is 4.32. The molecule has 9 nitrogen and oxygen atoms in total. The molecule has 0 spiro atoms. The number of aliphatic imine (C=N–C) groups is 1. The smallest absolute Gasteiger partial charge is 0.273 e. The van der Waals surface area contributed by atoms with Gasteiger partial charge in [0.05, 0.1) is 11.4 Å². The Hall–Kier alpha value is -5.05. The molecule has 2 heterocycles. The Kier molecular flexibility index (Phi) is 6.57. The van der Waals surface area contributed by atoms with Gasteiger partial charge in [-0.05, 0) is 80.1 Å². The first-order chi connectivity index (χ1) is 18.3. The van der Waals surface area contributed by atoms with Crippen molar-refractivity contribution in [2.45, 2.75) is 26.3 Å². The van der Waals surface area contributed by atoms with Crippen LogP contribution >= 0.6 is 0 Å². The second-order valence-corrected chi connectivity index (χ2v) is 8.91. The first-order valence-electron chi connectivity index (χ1n) is 12.1. The summed E-state index contributed by atoms with van der Waals surface area (Å²) in [4.78, 5) is 42.8. The molecule has 3 N–H and O–H groups in total. The van der Waals surface area contributed by atoms with Gasteiger partial charge in [0.25, 0.3) is 5.91 Å². The van der Waals surface area contributed by atoms with E-state index in [0.717, 1.165) is 5.69 Å². The number of hydrogen-bond acceptors (Lipinski definition) is 6. The van der Waals surface area contributed by atoms with E-state index in [-0.39, 0.29) is 23.3 Å².